The van der Waals surface area contributed by atoms with Crippen LogP contribution in [-0.2, 0) is 0 Å². The van der Waals surface area contributed by atoms with E-state index in [0.717, 1.165) is 0 Å². The third-order valence-corrected chi connectivity index (χ3v) is 6.47. The van der Waals surface area contributed by atoms with Crippen LogP contribution in [0.5, 0.6) is 5.75 Å². The van der Waals surface area contributed by atoms with E-state index in [0.29, 0.717) is 30.1 Å². The smallest absolute Gasteiger partial charge is 0.257 e. The summed E-state index contributed by atoms with van der Waals surface area (Å²) >= 11 is 10.3. The van der Waals surface area contributed by atoms with Gasteiger partial charge in [-0.25, -0.2) is 0 Å². The lowest BCUT2D eigenvalue weighted by atomic mass is 10.1. The maximum atomic E-state index is 12.9. The number of hydrogen-bond acceptors (Lipinski definition) is 8. The fourth-order valence-electron chi connectivity index (χ4n) is 3.41. The van der Waals surface area contributed by atoms with Crippen molar-refractivity contribution in [2.45, 2.75) is 18.9 Å². The molecule has 0 radical (unpaired) electrons. The standard InChI is InChI=1S/C20H19Cl2N5O4S/c21-13-6-2-7-14(16(13)22)23-18-19(26-32(31)25-18)24-15-8-1-5-12(17(15)29)20(30)27-9-3-4-11(28)10-27/h1-2,5-8,11,28-29H,3-4,9-10H2,(H,23,25)(H,24,26). The Kier molecular flexibility index (Phi) is 6.68. The van der Waals surface area contributed by atoms with E-state index in [1.165, 1.54) is 11.0 Å². The average molecular weight is 496 g/mol. The number of rotatable bonds is 5. The number of benzene rings is 2. The number of aliphatic hydroxyl groups excluding tert-OH is 1. The van der Waals surface area contributed by atoms with E-state index in [1.54, 1.807) is 30.3 Å². The molecule has 4 N–H and O–H groups in total. The Morgan fingerprint density at radius 3 is 2.50 bits per heavy atom. The van der Waals surface area contributed by atoms with Gasteiger partial charge in [0.15, 0.2) is 16.9 Å². The van der Waals surface area contributed by atoms with Crippen LogP contribution in [0.25, 0.3) is 0 Å². The number of phenolic OH excluding ortho intramolecular Hbond substituents is 1. The molecule has 0 spiro atoms. The Balaban J connectivity index is 1.59. The van der Waals surface area contributed by atoms with Crippen molar-refractivity contribution in [1.29, 1.82) is 0 Å². The summed E-state index contributed by atoms with van der Waals surface area (Å²) in [6, 6.07) is 9.62. The molecule has 2 atom stereocenters. The summed E-state index contributed by atoms with van der Waals surface area (Å²) in [6.45, 7) is 0.711. The second-order valence-electron chi connectivity index (χ2n) is 7.21. The van der Waals surface area contributed by atoms with Crippen molar-refractivity contribution in [2.24, 2.45) is 0 Å². The number of carbonyl (C=O) groups is 1. The first-order chi connectivity index (χ1) is 15.3. The van der Waals surface area contributed by atoms with Gasteiger partial charge < -0.3 is 30.3 Å². The number of carbonyl (C=O) groups excluding carboxylic acids is 1. The zero-order valence-electron chi connectivity index (χ0n) is 16.6. The lowest BCUT2D eigenvalue weighted by Crippen LogP contribution is -2.42. The van der Waals surface area contributed by atoms with Gasteiger partial charge >= 0.3 is 0 Å². The van der Waals surface area contributed by atoms with Crippen molar-refractivity contribution in [2.75, 3.05) is 23.7 Å². The Bertz CT molecular complexity index is 1160. The van der Waals surface area contributed by atoms with Crippen LogP contribution in [0.2, 0.25) is 10.0 Å². The van der Waals surface area contributed by atoms with Crippen LogP contribution in [0, 0.1) is 0 Å². The molecule has 2 unspecified atom stereocenters. The van der Waals surface area contributed by atoms with Crippen LogP contribution in [-0.4, -0.2) is 53.5 Å². The molecule has 0 aliphatic carbocycles. The average Bonchev–Trinajstić information content (AvgIpc) is 3.11. The minimum Gasteiger partial charge on any atom is -0.546 e. The van der Waals surface area contributed by atoms with Crippen molar-refractivity contribution < 1.29 is 19.6 Å². The molecule has 2 heterocycles. The molecule has 2 aromatic carbocycles. The van der Waals surface area contributed by atoms with E-state index in [9.17, 15) is 19.6 Å². The number of nitrogens with zero attached hydrogens (tertiary/aromatic N) is 3. The minimum atomic E-state index is -1.88. The van der Waals surface area contributed by atoms with E-state index in [-0.39, 0.29) is 46.1 Å². The molecule has 168 valence electrons. The summed E-state index contributed by atoms with van der Waals surface area (Å²) < 4.78 is 19.8. The lowest BCUT2D eigenvalue weighted by Gasteiger charge is -2.30. The molecule has 0 bridgehead atoms. The molecule has 1 fully saturated rings. The van der Waals surface area contributed by atoms with Gasteiger partial charge in [0, 0.05) is 21.8 Å². The van der Waals surface area contributed by atoms with Gasteiger partial charge in [0.05, 0.1) is 33.1 Å². The van der Waals surface area contributed by atoms with Crippen LogP contribution < -0.4 is 10.6 Å². The van der Waals surface area contributed by atoms with Crippen molar-refractivity contribution in [3.8, 4) is 5.75 Å². The topological polar surface area (TPSA) is 134 Å². The number of amides is 1. The van der Waals surface area contributed by atoms with Crippen LogP contribution in [0.3, 0.4) is 0 Å². The normalized spacial score (nSPS) is 16.7. The highest BCUT2D eigenvalue weighted by molar-refractivity contribution is 7.14. The Morgan fingerprint density at radius 2 is 1.78 bits per heavy atom. The third kappa shape index (κ3) is 4.74. The predicted molar refractivity (Wildman–Crippen MR) is 123 cm³/mol. The van der Waals surface area contributed by atoms with Gasteiger partial charge in [-0.15, -0.1) is 0 Å². The van der Waals surface area contributed by atoms with Crippen molar-refractivity contribution in [1.82, 2.24) is 13.6 Å². The highest BCUT2D eigenvalue weighted by Crippen LogP contribution is 2.37. The number of aromatic hydroxyl groups is 1. The van der Waals surface area contributed by atoms with Crippen molar-refractivity contribution in [3.63, 3.8) is 0 Å². The zero-order valence-corrected chi connectivity index (χ0v) is 18.9. The minimum absolute atomic E-state index is 0.0770. The van der Waals surface area contributed by atoms with E-state index in [1.807, 2.05) is 0 Å². The summed E-state index contributed by atoms with van der Waals surface area (Å²) in [5.74, 6) is -0.465. The maximum Gasteiger partial charge on any atom is 0.257 e. The number of halogens is 2. The SMILES string of the molecule is O=C(c1cccc(Nc2n[s+]([O-])nc2Nc2cccc(Cl)c2Cl)c1O)N1CCCC(O)C1. The molecule has 1 saturated heterocycles. The Hall–Kier alpha value is -2.63. The third-order valence-electron chi connectivity index (χ3n) is 4.97. The summed E-state index contributed by atoms with van der Waals surface area (Å²) in [7, 11) is 0. The number of β-amino-alcohol motifs (C(OH)–C–C–N with tert-alkyl or cyclic N) is 1. The highest BCUT2D eigenvalue weighted by atomic mass is 35.5. The maximum absolute atomic E-state index is 12.9. The number of aliphatic hydroxyl groups is 1. The fourth-order valence-corrected chi connectivity index (χ4v) is 4.37. The molecular weight excluding hydrogens is 477 g/mol. The van der Waals surface area contributed by atoms with Crippen LogP contribution in [0.4, 0.5) is 23.0 Å². The summed E-state index contributed by atoms with van der Waals surface area (Å²) in [4.78, 5) is 14.4. The fraction of sp³-hybridized carbons (Fsp3) is 0.250. The van der Waals surface area contributed by atoms with E-state index < -0.39 is 17.2 Å². The van der Waals surface area contributed by atoms with Gasteiger partial charge in [-0.2, -0.15) is 0 Å². The number of phenols is 1. The molecule has 9 nitrogen and oxygen atoms in total. The summed E-state index contributed by atoms with van der Waals surface area (Å²) in [5.41, 5.74) is 0.689. The number of para-hydroxylation sites is 1. The molecule has 32 heavy (non-hydrogen) atoms. The molecule has 1 aliphatic heterocycles. The molecule has 1 aromatic heterocycles. The molecule has 12 heteroatoms. The first kappa shape index (κ1) is 22.6. The monoisotopic (exact) mass is 495 g/mol. The van der Waals surface area contributed by atoms with Crippen LogP contribution >= 0.6 is 34.3 Å². The number of likely N-dealkylation sites (tertiary alicyclic amines) is 1. The van der Waals surface area contributed by atoms with Crippen LogP contribution in [0.15, 0.2) is 36.4 Å². The number of piperidine rings is 1. The van der Waals surface area contributed by atoms with Crippen molar-refractivity contribution in [3.05, 3.63) is 52.0 Å². The Morgan fingerprint density at radius 1 is 1.12 bits per heavy atom. The molecular formula is C20H19Cl2N5O4S. The molecule has 0 saturated carbocycles. The molecule has 3 aromatic rings. The van der Waals surface area contributed by atoms with Gasteiger partial charge in [-0.05, 0) is 37.1 Å². The predicted octanol–water partition coefficient (Wildman–Crippen LogP) is 4.30. The number of hydrogen-bond donors (Lipinski definition) is 4. The summed E-state index contributed by atoms with van der Waals surface area (Å²) in [5, 5.41) is 27.0. The first-order valence-corrected chi connectivity index (χ1v) is 11.5. The number of aromatic nitrogens is 2. The van der Waals surface area contributed by atoms with Gasteiger partial charge in [0.1, 0.15) is 0 Å². The van der Waals surface area contributed by atoms with E-state index in [2.05, 4.69) is 19.4 Å². The van der Waals surface area contributed by atoms with Crippen molar-refractivity contribution >= 4 is 63.3 Å². The van der Waals surface area contributed by atoms with Gasteiger partial charge in [-0.3, -0.25) is 4.79 Å². The molecule has 1 aliphatic rings. The molecule has 4 rings (SSSR count). The highest BCUT2D eigenvalue weighted by Gasteiger charge is 2.26. The second kappa shape index (κ2) is 9.47. The number of anilines is 4. The largest absolute Gasteiger partial charge is 0.546 e. The quantitative estimate of drug-likeness (QED) is 0.304. The van der Waals surface area contributed by atoms with Gasteiger partial charge in [0.2, 0.25) is 11.6 Å². The Labute approximate surface area is 196 Å². The number of nitrogens with one attached hydrogen (secondary N) is 2. The zero-order chi connectivity index (χ0) is 22.8. The lowest BCUT2D eigenvalue weighted by molar-refractivity contribution is 0.0471. The van der Waals surface area contributed by atoms with Gasteiger partial charge in [-0.1, -0.05) is 35.3 Å². The molecule has 1 amide bonds. The van der Waals surface area contributed by atoms with E-state index >= 15 is 0 Å². The van der Waals surface area contributed by atoms with Crippen LogP contribution in [0.1, 0.15) is 23.2 Å². The first-order valence-electron chi connectivity index (χ1n) is 9.70. The van der Waals surface area contributed by atoms with Gasteiger partial charge in [0.25, 0.3) is 5.91 Å². The summed E-state index contributed by atoms with van der Waals surface area (Å²) in [6.07, 6.45) is 0.744. The second-order valence-corrected chi connectivity index (χ2v) is 8.82. The van der Waals surface area contributed by atoms with E-state index in [4.69, 9.17) is 23.2 Å².